The third-order valence-corrected chi connectivity index (χ3v) is 2.37. The van der Waals surface area contributed by atoms with Gasteiger partial charge in [0.05, 0.1) is 6.20 Å². The second-order valence-electron chi connectivity index (χ2n) is 3.55. The number of nitrogens with one attached hydrogen (secondary N) is 1. The molecule has 2 rings (SSSR count). The topological polar surface area (TPSA) is 59.8 Å². The Morgan fingerprint density at radius 2 is 2.35 bits per heavy atom. The van der Waals surface area contributed by atoms with Gasteiger partial charge >= 0.3 is 0 Å². The molecule has 6 heteroatoms. The van der Waals surface area contributed by atoms with Gasteiger partial charge in [-0.2, -0.15) is 5.10 Å². The molecule has 0 saturated carbocycles. The van der Waals surface area contributed by atoms with E-state index in [1.165, 1.54) is 0 Å². The highest BCUT2D eigenvalue weighted by molar-refractivity contribution is 6.29. The van der Waals surface area contributed by atoms with Gasteiger partial charge in [0.1, 0.15) is 10.8 Å². The molecule has 0 spiro atoms. The van der Waals surface area contributed by atoms with E-state index < -0.39 is 0 Å². The summed E-state index contributed by atoms with van der Waals surface area (Å²) in [4.78, 5) is 15.6. The molecular formula is C11H11ClN4O. The summed E-state index contributed by atoms with van der Waals surface area (Å²) < 4.78 is 1.68. The summed E-state index contributed by atoms with van der Waals surface area (Å²) >= 11 is 5.70. The first-order valence-electron chi connectivity index (χ1n) is 5.03. The van der Waals surface area contributed by atoms with Crippen molar-refractivity contribution in [1.82, 2.24) is 20.1 Å². The second-order valence-corrected chi connectivity index (χ2v) is 3.94. The van der Waals surface area contributed by atoms with Gasteiger partial charge in [0.2, 0.25) is 0 Å². The summed E-state index contributed by atoms with van der Waals surface area (Å²) in [5.41, 5.74) is 1.24. The van der Waals surface area contributed by atoms with Crippen LogP contribution in [-0.4, -0.2) is 20.7 Å². The predicted molar refractivity (Wildman–Crippen MR) is 63.6 cm³/mol. The Kier molecular flexibility index (Phi) is 3.39. The van der Waals surface area contributed by atoms with Gasteiger partial charge in [-0.15, -0.1) is 0 Å². The van der Waals surface area contributed by atoms with Crippen LogP contribution in [0.25, 0.3) is 0 Å². The van der Waals surface area contributed by atoms with Crippen LogP contribution < -0.4 is 5.32 Å². The minimum atomic E-state index is -0.253. The van der Waals surface area contributed by atoms with E-state index in [4.69, 9.17) is 11.6 Å². The van der Waals surface area contributed by atoms with Crippen LogP contribution >= 0.6 is 11.6 Å². The number of rotatable bonds is 3. The van der Waals surface area contributed by atoms with E-state index in [1.54, 1.807) is 29.1 Å². The lowest BCUT2D eigenvalue weighted by molar-refractivity contribution is 0.0946. The third kappa shape index (κ3) is 3.04. The lowest BCUT2D eigenvalue weighted by Crippen LogP contribution is -2.23. The molecule has 2 heterocycles. The number of pyridine rings is 1. The maximum Gasteiger partial charge on any atom is 0.270 e. The fourth-order valence-electron chi connectivity index (χ4n) is 1.37. The molecule has 0 aromatic carbocycles. The van der Waals surface area contributed by atoms with Gasteiger partial charge in [-0.3, -0.25) is 9.48 Å². The number of carbonyl (C=O) groups excluding carboxylic acids is 1. The molecule has 5 nitrogen and oxygen atoms in total. The van der Waals surface area contributed by atoms with Crippen LogP contribution in [0.4, 0.5) is 0 Å². The first-order chi connectivity index (χ1) is 8.15. The number of halogens is 1. The standard InChI is InChI=1S/C11H11ClN4O/c1-16-7-8(6-14-16)5-13-11(17)9-3-2-4-10(12)15-9/h2-4,6-7H,5H2,1H3,(H,13,17). The van der Waals surface area contributed by atoms with Crippen molar-refractivity contribution < 1.29 is 4.79 Å². The largest absolute Gasteiger partial charge is 0.347 e. The van der Waals surface area contributed by atoms with E-state index in [1.807, 2.05) is 13.2 Å². The summed E-state index contributed by atoms with van der Waals surface area (Å²) in [6.07, 6.45) is 3.54. The Hall–Kier alpha value is -1.88. The molecule has 0 saturated heterocycles. The number of nitrogens with zero attached hydrogens (tertiary/aromatic N) is 3. The van der Waals surface area contributed by atoms with Gasteiger partial charge in [-0.1, -0.05) is 17.7 Å². The molecule has 0 fully saturated rings. The molecule has 0 aliphatic carbocycles. The van der Waals surface area contributed by atoms with Crippen LogP contribution in [-0.2, 0) is 13.6 Å². The van der Waals surface area contributed by atoms with Crippen molar-refractivity contribution in [1.29, 1.82) is 0 Å². The SMILES string of the molecule is Cn1cc(CNC(=O)c2cccc(Cl)n2)cn1. The molecule has 0 bridgehead atoms. The summed E-state index contributed by atoms with van der Waals surface area (Å²) in [6.45, 7) is 0.418. The Morgan fingerprint density at radius 1 is 1.53 bits per heavy atom. The van der Waals surface area contributed by atoms with Crippen LogP contribution in [0.1, 0.15) is 16.1 Å². The Labute approximate surface area is 103 Å². The van der Waals surface area contributed by atoms with E-state index >= 15 is 0 Å². The highest BCUT2D eigenvalue weighted by Gasteiger charge is 2.07. The maximum absolute atomic E-state index is 11.7. The van der Waals surface area contributed by atoms with Gasteiger partial charge in [0, 0.05) is 25.4 Å². The van der Waals surface area contributed by atoms with Gasteiger partial charge in [-0.25, -0.2) is 4.98 Å². The zero-order valence-electron chi connectivity index (χ0n) is 9.22. The van der Waals surface area contributed by atoms with Crippen LogP contribution in [0.5, 0.6) is 0 Å². The monoisotopic (exact) mass is 250 g/mol. The van der Waals surface area contributed by atoms with Crippen molar-refractivity contribution in [2.24, 2.45) is 7.05 Å². The van der Waals surface area contributed by atoms with Crippen molar-refractivity contribution >= 4 is 17.5 Å². The summed E-state index contributed by atoms with van der Waals surface area (Å²) in [7, 11) is 1.82. The number of carbonyl (C=O) groups is 1. The number of aromatic nitrogens is 3. The van der Waals surface area contributed by atoms with Gasteiger partial charge in [0.25, 0.3) is 5.91 Å². The van der Waals surface area contributed by atoms with Crippen molar-refractivity contribution in [3.8, 4) is 0 Å². The molecule has 1 N–H and O–H groups in total. The zero-order valence-corrected chi connectivity index (χ0v) is 9.98. The Morgan fingerprint density at radius 3 is 3.00 bits per heavy atom. The molecule has 17 heavy (non-hydrogen) atoms. The zero-order chi connectivity index (χ0) is 12.3. The second kappa shape index (κ2) is 4.97. The fraction of sp³-hybridized carbons (Fsp3) is 0.182. The lowest BCUT2D eigenvalue weighted by atomic mass is 10.3. The minimum Gasteiger partial charge on any atom is -0.347 e. The van der Waals surface area contributed by atoms with Crippen LogP contribution in [0.15, 0.2) is 30.6 Å². The fourth-order valence-corrected chi connectivity index (χ4v) is 1.53. The highest BCUT2D eigenvalue weighted by Crippen LogP contribution is 2.05. The molecule has 0 atom stereocenters. The normalized spacial score (nSPS) is 10.2. The first kappa shape index (κ1) is 11.6. The van der Waals surface area contributed by atoms with Gasteiger partial charge in [0.15, 0.2) is 0 Å². The van der Waals surface area contributed by atoms with Crippen LogP contribution in [0.3, 0.4) is 0 Å². The molecule has 0 radical (unpaired) electrons. The van der Waals surface area contributed by atoms with Crippen LogP contribution in [0.2, 0.25) is 5.15 Å². The summed E-state index contributed by atoms with van der Waals surface area (Å²) in [5.74, 6) is -0.253. The smallest absolute Gasteiger partial charge is 0.270 e. The third-order valence-electron chi connectivity index (χ3n) is 2.16. The van der Waals surface area contributed by atoms with Crippen molar-refractivity contribution in [3.63, 3.8) is 0 Å². The maximum atomic E-state index is 11.7. The summed E-state index contributed by atoms with van der Waals surface area (Å²) in [5, 5.41) is 7.06. The molecule has 0 aliphatic rings. The molecule has 88 valence electrons. The van der Waals surface area contributed by atoms with E-state index in [-0.39, 0.29) is 5.91 Å². The summed E-state index contributed by atoms with van der Waals surface area (Å²) in [6, 6.07) is 4.93. The minimum absolute atomic E-state index is 0.253. The van der Waals surface area contributed by atoms with Crippen molar-refractivity contribution in [2.75, 3.05) is 0 Å². The Bertz CT molecular complexity index is 538. The van der Waals surface area contributed by atoms with Crippen molar-refractivity contribution in [3.05, 3.63) is 47.0 Å². The lowest BCUT2D eigenvalue weighted by Gasteiger charge is -2.02. The molecule has 0 aliphatic heterocycles. The quantitative estimate of drug-likeness (QED) is 0.838. The average Bonchev–Trinajstić information content (AvgIpc) is 2.72. The van der Waals surface area contributed by atoms with E-state index in [2.05, 4.69) is 15.4 Å². The number of hydrogen-bond acceptors (Lipinski definition) is 3. The molecule has 0 unspecified atom stereocenters. The van der Waals surface area contributed by atoms with E-state index in [9.17, 15) is 4.79 Å². The van der Waals surface area contributed by atoms with Gasteiger partial charge in [-0.05, 0) is 12.1 Å². The molecule has 2 aromatic rings. The van der Waals surface area contributed by atoms with E-state index in [0.29, 0.717) is 17.4 Å². The predicted octanol–water partition coefficient (Wildman–Crippen LogP) is 1.40. The number of hydrogen-bond donors (Lipinski definition) is 1. The van der Waals surface area contributed by atoms with E-state index in [0.717, 1.165) is 5.56 Å². The first-order valence-corrected chi connectivity index (χ1v) is 5.41. The Balaban J connectivity index is 1.98. The molecule has 1 amide bonds. The average molecular weight is 251 g/mol. The van der Waals surface area contributed by atoms with Gasteiger partial charge < -0.3 is 5.32 Å². The van der Waals surface area contributed by atoms with Crippen LogP contribution in [0, 0.1) is 0 Å². The molecular weight excluding hydrogens is 240 g/mol. The highest BCUT2D eigenvalue weighted by atomic mass is 35.5. The number of aryl methyl sites for hydroxylation is 1. The van der Waals surface area contributed by atoms with Crippen molar-refractivity contribution in [2.45, 2.75) is 6.54 Å². The molecule has 2 aromatic heterocycles. The number of amides is 1.